The molecule has 1 aliphatic carbocycles. The molecule has 0 bridgehead atoms. The molecule has 2 aromatic rings. The van der Waals surface area contributed by atoms with E-state index in [4.69, 9.17) is 0 Å². The fourth-order valence-electron chi connectivity index (χ4n) is 3.10. The molecule has 0 radical (unpaired) electrons. The van der Waals surface area contributed by atoms with Crippen molar-refractivity contribution in [2.45, 2.75) is 12.1 Å². The van der Waals surface area contributed by atoms with Gasteiger partial charge in [-0.2, -0.15) is 0 Å². The van der Waals surface area contributed by atoms with Crippen molar-refractivity contribution in [3.8, 4) is 0 Å². The molecule has 0 aromatic heterocycles. The molecule has 2 aliphatic rings. The molecule has 5 heteroatoms. The molecular weight excluding hydrogens is 256 g/mol. The first-order valence-corrected chi connectivity index (χ1v) is 6.35. The van der Waals surface area contributed by atoms with Crippen molar-refractivity contribution in [1.29, 1.82) is 0 Å². The van der Waals surface area contributed by atoms with Crippen molar-refractivity contribution in [3.05, 3.63) is 69.8 Å². The molecule has 1 saturated heterocycles. The summed E-state index contributed by atoms with van der Waals surface area (Å²) in [6, 6.07) is 13.7. The number of hydrogen-bond donors (Lipinski definition) is 0. The van der Waals surface area contributed by atoms with Crippen LogP contribution in [-0.4, -0.2) is 16.7 Å². The minimum Gasteiger partial charge on any atom is -0.343 e. The lowest BCUT2D eigenvalue weighted by atomic mass is 10.1. The summed E-state index contributed by atoms with van der Waals surface area (Å²) < 4.78 is 0. The lowest BCUT2D eigenvalue weighted by Gasteiger charge is -2.11. The quantitative estimate of drug-likeness (QED) is 0.476. The number of rotatable bonds is 2. The highest BCUT2D eigenvalue weighted by atomic mass is 16.6. The molecular formula is C15H10N2O3. The summed E-state index contributed by atoms with van der Waals surface area (Å²) in [5.41, 5.74) is 2.29. The summed E-state index contributed by atoms with van der Waals surface area (Å²) in [6.07, 6.45) is 0. The maximum atomic E-state index is 12.3. The van der Waals surface area contributed by atoms with Crippen LogP contribution in [0.2, 0.25) is 0 Å². The minimum absolute atomic E-state index is 0.0419. The lowest BCUT2D eigenvalue weighted by Crippen LogP contribution is -2.14. The van der Waals surface area contributed by atoms with Crippen LogP contribution in [0.3, 0.4) is 0 Å². The van der Waals surface area contributed by atoms with E-state index in [-0.39, 0.29) is 23.6 Å². The lowest BCUT2D eigenvalue weighted by molar-refractivity contribution is -0.384. The monoisotopic (exact) mass is 266 g/mol. The molecule has 1 aliphatic heterocycles. The average molecular weight is 266 g/mol. The zero-order valence-electron chi connectivity index (χ0n) is 10.4. The highest BCUT2D eigenvalue weighted by Crippen LogP contribution is 2.55. The Kier molecular flexibility index (Phi) is 2.04. The molecule has 5 nitrogen and oxygen atoms in total. The van der Waals surface area contributed by atoms with E-state index in [1.165, 1.54) is 6.07 Å². The first-order valence-electron chi connectivity index (χ1n) is 6.35. The van der Waals surface area contributed by atoms with E-state index in [0.717, 1.165) is 11.1 Å². The van der Waals surface area contributed by atoms with Gasteiger partial charge in [0.2, 0.25) is 0 Å². The van der Waals surface area contributed by atoms with E-state index in [9.17, 15) is 14.9 Å². The van der Waals surface area contributed by atoms with Crippen LogP contribution in [0.25, 0.3) is 0 Å². The summed E-state index contributed by atoms with van der Waals surface area (Å²) in [5, 5.41) is 11.1. The Bertz CT molecular complexity index is 756. The fourth-order valence-corrected chi connectivity index (χ4v) is 3.10. The number of Topliss-reactive ketones (excluding diaryl/α,β-unsaturated/α-hetero) is 1. The maximum absolute atomic E-state index is 12.3. The van der Waals surface area contributed by atoms with Gasteiger partial charge in [-0.1, -0.05) is 36.4 Å². The van der Waals surface area contributed by atoms with Crippen molar-refractivity contribution in [1.82, 2.24) is 0 Å². The molecule has 2 unspecified atom stereocenters. The van der Waals surface area contributed by atoms with E-state index in [2.05, 4.69) is 0 Å². The van der Waals surface area contributed by atoms with Gasteiger partial charge in [0.25, 0.3) is 5.69 Å². The van der Waals surface area contributed by atoms with Gasteiger partial charge in [-0.15, -0.1) is 0 Å². The molecule has 0 amide bonds. The van der Waals surface area contributed by atoms with Gasteiger partial charge >= 0.3 is 0 Å². The van der Waals surface area contributed by atoms with Gasteiger partial charge in [-0.3, -0.25) is 14.9 Å². The Hall–Kier alpha value is -2.69. The number of para-hydroxylation sites is 2. The topological polar surface area (TPSA) is 63.2 Å². The summed E-state index contributed by atoms with van der Waals surface area (Å²) in [7, 11) is 0. The van der Waals surface area contributed by atoms with Crippen molar-refractivity contribution in [3.63, 3.8) is 0 Å². The van der Waals surface area contributed by atoms with Crippen molar-refractivity contribution >= 4 is 17.2 Å². The molecule has 4 rings (SSSR count). The van der Waals surface area contributed by atoms with E-state index in [1.54, 1.807) is 18.2 Å². The fraction of sp³-hybridized carbons (Fsp3) is 0.133. The predicted octanol–water partition coefficient (Wildman–Crippen LogP) is 2.72. The van der Waals surface area contributed by atoms with Crippen molar-refractivity contribution < 1.29 is 9.72 Å². The third-order valence-electron chi connectivity index (χ3n) is 3.98. The molecule has 1 fully saturated rings. The number of ketones is 1. The Morgan fingerprint density at radius 2 is 1.70 bits per heavy atom. The number of carbonyl (C=O) groups is 1. The zero-order chi connectivity index (χ0) is 13.9. The van der Waals surface area contributed by atoms with Gasteiger partial charge in [0.1, 0.15) is 11.7 Å². The van der Waals surface area contributed by atoms with E-state index in [1.807, 2.05) is 29.2 Å². The van der Waals surface area contributed by atoms with Gasteiger partial charge in [0, 0.05) is 11.6 Å². The van der Waals surface area contributed by atoms with E-state index in [0.29, 0.717) is 5.69 Å². The Labute approximate surface area is 114 Å². The molecule has 0 spiro atoms. The molecule has 2 atom stereocenters. The summed E-state index contributed by atoms with van der Waals surface area (Å²) in [5.74, 6) is 0.0590. The number of benzene rings is 2. The van der Waals surface area contributed by atoms with Crippen molar-refractivity contribution in [2.24, 2.45) is 0 Å². The van der Waals surface area contributed by atoms with Crippen LogP contribution in [0.15, 0.2) is 48.5 Å². The van der Waals surface area contributed by atoms with Crippen LogP contribution < -0.4 is 4.90 Å². The normalized spacial score (nSPS) is 22.4. The highest BCUT2D eigenvalue weighted by molar-refractivity contribution is 6.12. The molecule has 2 aromatic carbocycles. The molecule has 20 heavy (non-hydrogen) atoms. The largest absolute Gasteiger partial charge is 0.343 e. The molecule has 98 valence electrons. The SMILES string of the molecule is O=C1c2ccccc2C2C1N2c1ccccc1[N+](=O)[O-]. The Morgan fingerprint density at radius 3 is 2.50 bits per heavy atom. The molecule has 0 N–H and O–H groups in total. The zero-order valence-corrected chi connectivity index (χ0v) is 10.4. The first-order chi connectivity index (χ1) is 9.70. The van der Waals surface area contributed by atoms with E-state index < -0.39 is 4.92 Å². The molecule has 1 heterocycles. The van der Waals surface area contributed by atoms with Crippen LogP contribution in [0.4, 0.5) is 11.4 Å². The smallest absolute Gasteiger partial charge is 0.292 e. The molecule has 0 saturated carbocycles. The number of anilines is 1. The van der Waals surface area contributed by atoms with Crippen molar-refractivity contribution in [2.75, 3.05) is 4.90 Å². The Morgan fingerprint density at radius 1 is 1.00 bits per heavy atom. The van der Waals surface area contributed by atoms with Gasteiger partial charge < -0.3 is 4.90 Å². The maximum Gasteiger partial charge on any atom is 0.292 e. The number of nitro groups is 1. The highest BCUT2D eigenvalue weighted by Gasteiger charge is 2.60. The van der Waals surface area contributed by atoms with Gasteiger partial charge in [0.05, 0.1) is 11.0 Å². The standard InChI is InChI=1S/C15H10N2O3/c18-15-10-6-2-1-5-9(10)13-14(15)16(13)11-7-3-4-8-12(11)17(19)20/h1-8,13-14H. The number of carbonyl (C=O) groups excluding carboxylic acids is 1. The minimum atomic E-state index is -0.403. The summed E-state index contributed by atoms with van der Waals surface area (Å²) >= 11 is 0. The second-order valence-corrected chi connectivity index (χ2v) is 4.99. The van der Waals surface area contributed by atoms with Gasteiger partial charge in [-0.25, -0.2) is 0 Å². The Balaban J connectivity index is 1.80. The van der Waals surface area contributed by atoms with Gasteiger partial charge in [-0.05, 0) is 11.6 Å². The number of fused-ring (bicyclic) bond motifs is 3. The number of nitro benzene ring substituents is 1. The van der Waals surface area contributed by atoms with Crippen LogP contribution in [-0.2, 0) is 0 Å². The third kappa shape index (κ3) is 1.29. The van der Waals surface area contributed by atoms with Crippen LogP contribution in [0.5, 0.6) is 0 Å². The summed E-state index contributed by atoms with van der Waals surface area (Å²) in [6.45, 7) is 0. The average Bonchev–Trinajstić information content (AvgIpc) is 3.14. The second-order valence-electron chi connectivity index (χ2n) is 4.99. The van der Waals surface area contributed by atoms with Crippen LogP contribution in [0.1, 0.15) is 22.0 Å². The van der Waals surface area contributed by atoms with E-state index >= 15 is 0 Å². The van der Waals surface area contributed by atoms with Crippen LogP contribution in [0, 0.1) is 10.1 Å². The third-order valence-corrected chi connectivity index (χ3v) is 3.98. The number of hydrogen-bond acceptors (Lipinski definition) is 4. The number of nitrogens with zero attached hydrogens (tertiary/aromatic N) is 2. The first kappa shape index (κ1) is 11.2. The summed E-state index contributed by atoms with van der Waals surface area (Å²) in [4.78, 5) is 24.8. The predicted molar refractivity (Wildman–Crippen MR) is 72.9 cm³/mol. The van der Waals surface area contributed by atoms with Crippen LogP contribution >= 0.6 is 0 Å². The van der Waals surface area contributed by atoms with Gasteiger partial charge in [0.15, 0.2) is 5.78 Å². The second kappa shape index (κ2) is 3.66.